The maximum atomic E-state index is 10.8. The molecule has 0 saturated carbocycles. The summed E-state index contributed by atoms with van der Waals surface area (Å²) in [5, 5.41) is 9.39. The zero-order valence-electron chi connectivity index (χ0n) is 7.62. The minimum Gasteiger partial charge on any atom is -0.370 e. The van der Waals surface area contributed by atoms with Gasteiger partial charge in [-0.2, -0.15) is 0 Å². The fourth-order valence-corrected chi connectivity index (χ4v) is 0.796. The average molecular weight is 199 g/mol. The Morgan fingerprint density at radius 1 is 1.64 bits per heavy atom. The number of nitrogens with one attached hydrogen (secondary N) is 2. The minimum absolute atomic E-state index is 0.129. The van der Waals surface area contributed by atoms with Gasteiger partial charge in [-0.05, 0) is 12.8 Å². The number of rotatable bonds is 5. The molecule has 0 fully saturated rings. The van der Waals surface area contributed by atoms with Crippen LogP contribution >= 0.6 is 0 Å². The van der Waals surface area contributed by atoms with E-state index in [1.807, 2.05) is 0 Å². The van der Waals surface area contributed by atoms with Crippen LogP contribution in [0.1, 0.15) is 12.8 Å². The number of nitrogens with zero attached hydrogens (tertiary/aromatic N) is 1. The molecule has 0 radical (unpaired) electrons. The van der Waals surface area contributed by atoms with Crippen LogP contribution in [0.25, 0.3) is 0 Å². The lowest BCUT2D eigenvalue weighted by molar-refractivity contribution is -0.119. The van der Waals surface area contributed by atoms with Gasteiger partial charge in [-0.1, -0.05) is 0 Å². The number of guanidine groups is 1. The molecule has 0 rings (SSSR count). The Bertz CT molecular complexity index is 259. The van der Waals surface area contributed by atoms with Crippen molar-refractivity contribution in [1.82, 2.24) is 5.32 Å². The Kier molecular flexibility index (Phi) is 5.93. The Balaban J connectivity index is 3.63. The minimum atomic E-state index is -0.787. The molecule has 7 heteroatoms. The van der Waals surface area contributed by atoms with E-state index in [1.54, 1.807) is 0 Å². The van der Waals surface area contributed by atoms with Crippen molar-refractivity contribution < 1.29 is 9.59 Å². The van der Waals surface area contributed by atoms with E-state index in [2.05, 4.69) is 10.3 Å². The molecule has 0 aliphatic heterocycles. The monoisotopic (exact) mass is 199 g/mol. The summed E-state index contributed by atoms with van der Waals surface area (Å²) in [6.45, 7) is 0.459. The van der Waals surface area contributed by atoms with Crippen LogP contribution in [0.3, 0.4) is 0 Å². The molecule has 6 N–H and O–H groups in total. The van der Waals surface area contributed by atoms with Crippen LogP contribution in [-0.2, 0) is 9.59 Å². The van der Waals surface area contributed by atoms with Crippen molar-refractivity contribution in [2.24, 2.45) is 16.5 Å². The molecule has 0 aromatic rings. The zero-order chi connectivity index (χ0) is 11.0. The van der Waals surface area contributed by atoms with E-state index in [-0.39, 0.29) is 5.96 Å². The Morgan fingerprint density at radius 3 is 2.79 bits per heavy atom. The molecule has 0 aromatic heterocycles. The number of nitrogens with two attached hydrogens (primary N) is 2. The standard InChI is InChI=1S/C7H13N5O2/c8-5(6(14)12-4-13)2-1-3-11-7(9)10/h5H,1-3,8H2,(H4,9,10,11)/t5-/m0/s1. The summed E-state index contributed by atoms with van der Waals surface area (Å²) in [5.41, 5.74) is 10.4. The molecule has 0 aliphatic rings. The molecule has 1 atom stereocenters. The zero-order valence-corrected chi connectivity index (χ0v) is 7.62. The smallest absolute Gasteiger partial charge is 0.273 e. The summed E-state index contributed by atoms with van der Waals surface area (Å²) >= 11 is 0. The van der Waals surface area contributed by atoms with Crippen molar-refractivity contribution in [1.29, 1.82) is 5.41 Å². The first-order chi connectivity index (χ1) is 6.57. The lowest BCUT2D eigenvalue weighted by Gasteiger charge is -2.06. The Labute approximate surface area is 81.1 Å². The first kappa shape index (κ1) is 12.3. The molecule has 14 heavy (non-hydrogen) atoms. The van der Waals surface area contributed by atoms with Crippen LogP contribution in [0.4, 0.5) is 0 Å². The summed E-state index contributed by atoms with van der Waals surface area (Å²) in [6.07, 6.45) is 2.08. The topological polar surface area (TPSA) is 134 Å². The van der Waals surface area contributed by atoms with Crippen molar-refractivity contribution in [2.45, 2.75) is 18.9 Å². The number of hydrogen-bond donors (Lipinski definition) is 4. The number of hydrogen-bond acceptors (Lipinski definition) is 4. The maximum Gasteiger partial charge on any atom is 0.273 e. The molecule has 0 spiro atoms. The molecule has 0 bridgehead atoms. The molecular weight excluding hydrogens is 186 g/mol. The summed E-state index contributed by atoms with van der Waals surface area (Å²) in [5.74, 6) is -0.807. The van der Waals surface area contributed by atoms with Gasteiger partial charge in [-0.15, -0.1) is 4.99 Å². The Morgan fingerprint density at radius 2 is 2.29 bits per heavy atom. The average Bonchev–Trinajstić information content (AvgIpc) is 2.12. The normalized spacial score (nSPS) is 11.2. The predicted octanol–water partition coefficient (Wildman–Crippen LogP) is -1.56. The maximum absolute atomic E-state index is 10.8. The molecule has 0 unspecified atom stereocenters. The van der Waals surface area contributed by atoms with Crippen molar-refractivity contribution in [3.05, 3.63) is 0 Å². The highest BCUT2D eigenvalue weighted by molar-refractivity contribution is 5.86. The van der Waals surface area contributed by atoms with Gasteiger partial charge in [0.2, 0.25) is 6.08 Å². The van der Waals surface area contributed by atoms with Crippen LogP contribution in [-0.4, -0.2) is 30.5 Å². The summed E-state index contributed by atoms with van der Waals surface area (Å²) < 4.78 is 0. The number of carbonyl (C=O) groups is 1. The molecular formula is C7H13N5O2. The first-order valence-electron chi connectivity index (χ1n) is 4.03. The summed E-state index contributed by atoms with van der Waals surface area (Å²) in [4.78, 5) is 23.4. The number of carbonyl (C=O) groups excluding carboxylic acids is 2. The molecule has 0 saturated heterocycles. The highest BCUT2D eigenvalue weighted by Crippen LogP contribution is 1.95. The van der Waals surface area contributed by atoms with E-state index in [1.165, 1.54) is 0 Å². The lowest BCUT2D eigenvalue weighted by atomic mass is 10.1. The van der Waals surface area contributed by atoms with Crippen LogP contribution in [0, 0.1) is 5.41 Å². The third kappa shape index (κ3) is 5.87. The third-order valence-corrected chi connectivity index (χ3v) is 1.48. The quantitative estimate of drug-likeness (QED) is 0.184. The van der Waals surface area contributed by atoms with Crippen LogP contribution < -0.4 is 16.8 Å². The fourth-order valence-electron chi connectivity index (χ4n) is 0.796. The highest BCUT2D eigenvalue weighted by Gasteiger charge is 2.11. The van der Waals surface area contributed by atoms with E-state index in [4.69, 9.17) is 16.9 Å². The van der Waals surface area contributed by atoms with Crippen molar-refractivity contribution in [2.75, 3.05) is 6.54 Å². The van der Waals surface area contributed by atoms with Crippen LogP contribution in [0.5, 0.6) is 0 Å². The fraction of sp³-hybridized carbons (Fsp3) is 0.571. The second kappa shape index (κ2) is 6.76. The van der Waals surface area contributed by atoms with Gasteiger partial charge in [0.1, 0.15) is 0 Å². The molecule has 1 amide bonds. The van der Waals surface area contributed by atoms with E-state index in [9.17, 15) is 9.59 Å². The van der Waals surface area contributed by atoms with Crippen molar-refractivity contribution in [3.63, 3.8) is 0 Å². The van der Waals surface area contributed by atoms with Gasteiger partial charge in [0, 0.05) is 6.54 Å². The number of aliphatic imine (C=N–C) groups is 1. The van der Waals surface area contributed by atoms with E-state index < -0.39 is 11.9 Å². The Hall–Kier alpha value is -1.72. The van der Waals surface area contributed by atoms with Gasteiger partial charge in [0.15, 0.2) is 5.96 Å². The SMILES string of the molecule is N=C(N)NCCC[C@H](N)C(=O)N=C=O. The van der Waals surface area contributed by atoms with Gasteiger partial charge in [-0.3, -0.25) is 10.2 Å². The second-order valence-corrected chi connectivity index (χ2v) is 2.63. The van der Waals surface area contributed by atoms with E-state index in [0.29, 0.717) is 19.4 Å². The van der Waals surface area contributed by atoms with Crippen molar-refractivity contribution in [3.8, 4) is 0 Å². The van der Waals surface area contributed by atoms with Gasteiger partial charge >= 0.3 is 0 Å². The summed E-state index contributed by atoms with van der Waals surface area (Å²) in [7, 11) is 0. The molecule has 78 valence electrons. The number of amides is 1. The molecule has 0 aliphatic carbocycles. The molecule has 0 heterocycles. The summed E-state index contributed by atoms with van der Waals surface area (Å²) in [6, 6.07) is -0.787. The van der Waals surface area contributed by atoms with E-state index >= 15 is 0 Å². The van der Waals surface area contributed by atoms with Gasteiger partial charge in [0.05, 0.1) is 6.04 Å². The largest absolute Gasteiger partial charge is 0.370 e. The molecule has 0 aromatic carbocycles. The van der Waals surface area contributed by atoms with Crippen molar-refractivity contribution >= 4 is 17.9 Å². The number of isocyanates is 1. The van der Waals surface area contributed by atoms with Gasteiger partial charge in [-0.25, -0.2) is 4.79 Å². The lowest BCUT2D eigenvalue weighted by Crippen LogP contribution is -2.33. The second-order valence-electron chi connectivity index (χ2n) is 2.63. The van der Waals surface area contributed by atoms with Gasteiger partial charge in [0.25, 0.3) is 5.91 Å². The molecule has 7 nitrogen and oxygen atoms in total. The van der Waals surface area contributed by atoms with Crippen LogP contribution in [0.15, 0.2) is 4.99 Å². The predicted molar refractivity (Wildman–Crippen MR) is 50.3 cm³/mol. The highest BCUT2D eigenvalue weighted by atomic mass is 16.2. The van der Waals surface area contributed by atoms with Crippen LogP contribution in [0.2, 0.25) is 0 Å². The first-order valence-corrected chi connectivity index (χ1v) is 4.03. The van der Waals surface area contributed by atoms with Gasteiger partial charge < -0.3 is 16.8 Å². The third-order valence-electron chi connectivity index (χ3n) is 1.48. The van der Waals surface area contributed by atoms with E-state index in [0.717, 1.165) is 6.08 Å².